The van der Waals surface area contributed by atoms with E-state index in [4.69, 9.17) is 5.11 Å². The Morgan fingerprint density at radius 2 is 2.12 bits per heavy atom. The summed E-state index contributed by atoms with van der Waals surface area (Å²) in [5, 5.41) is 11.8. The molecule has 0 saturated heterocycles. The van der Waals surface area contributed by atoms with Crippen molar-refractivity contribution < 1.29 is 27.9 Å². The van der Waals surface area contributed by atoms with Crippen LogP contribution in [0.15, 0.2) is 5.38 Å². The molecule has 9 heteroatoms. The van der Waals surface area contributed by atoms with E-state index in [0.717, 1.165) is 11.3 Å². The van der Waals surface area contributed by atoms with E-state index in [1.54, 1.807) is 5.32 Å². The number of amides is 1. The first kappa shape index (κ1) is 13.4. The van der Waals surface area contributed by atoms with Crippen LogP contribution in [0.3, 0.4) is 0 Å². The number of carbonyl (C=O) groups is 2. The number of alkyl halides is 3. The lowest BCUT2D eigenvalue weighted by Gasteiger charge is -2.06. The summed E-state index contributed by atoms with van der Waals surface area (Å²) in [6.45, 7) is -0.245. The third-order valence-electron chi connectivity index (χ3n) is 1.65. The second-order valence-corrected chi connectivity index (χ2v) is 3.88. The van der Waals surface area contributed by atoms with E-state index in [1.165, 1.54) is 5.38 Å². The van der Waals surface area contributed by atoms with Crippen molar-refractivity contribution in [2.24, 2.45) is 0 Å². The van der Waals surface area contributed by atoms with Gasteiger partial charge < -0.3 is 10.4 Å². The smallest absolute Gasteiger partial charge is 0.471 e. The Morgan fingerprint density at radius 3 is 2.59 bits per heavy atom. The summed E-state index contributed by atoms with van der Waals surface area (Å²) in [7, 11) is 0. The summed E-state index contributed by atoms with van der Waals surface area (Å²) in [6, 6.07) is 0. The highest BCUT2D eigenvalue weighted by atomic mass is 32.1. The molecule has 0 radical (unpaired) electrons. The number of nitrogens with one attached hydrogen (secondary N) is 1. The average molecular weight is 268 g/mol. The van der Waals surface area contributed by atoms with Crippen LogP contribution in [0.2, 0.25) is 0 Å². The minimum absolute atomic E-state index is 0.0553. The van der Waals surface area contributed by atoms with Crippen LogP contribution in [0.5, 0.6) is 0 Å². The quantitative estimate of drug-likeness (QED) is 0.855. The predicted molar refractivity (Wildman–Crippen MR) is 51.8 cm³/mol. The molecule has 1 heterocycles. The first-order valence-corrected chi connectivity index (χ1v) is 5.21. The van der Waals surface area contributed by atoms with Gasteiger partial charge in [-0.2, -0.15) is 13.2 Å². The maximum absolute atomic E-state index is 11.8. The number of carboxylic acid groups (broad SMARTS) is 1. The first-order chi connectivity index (χ1) is 7.80. The molecule has 0 aliphatic rings. The molecule has 0 aliphatic heterocycles. The van der Waals surface area contributed by atoms with E-state index in [2.05, 4.69) is 4.98 Å². The molecule has 1 rings (SSSR count). The van der Waals surface area contributed by atoms with Gasteiger partial charge in [-0.1, -0.05) is 0 Å². The molecule has 5 nitrogen and oxygen atoms in total. The maximum atomic E-state index is 11.8. The molecule has 0 saturated carbocycles. The molecular weight excluding hydrogens is 261 g/mol. The Hall–Kier alpha value is -1.64. The van der Waals surface area contributed by atoms with Gasteiger partial charge in [-0.3, -0.25) is 4.79 Å². The molecule has 1 aromatic rings. The number of aromatic nitrogens is 1. The van der Waals surface area contributed by atoms with E-state index in [0.29, 0.717) is 5.01 Å². The topological polar surface area (TPSA) is 79.3 Å². The second kappa shape index (κ2) is 5.13. The lowest BCUT2D eigenvalue weighted by Crippen LogP contribution is -2.37. The van der Waals surface area contributed by atoms with Crippen LogP contribution in [-0.4, -0.2) is 34.7 Å². The molecule has 1 amide bonds. The van der Waals surface area contributed by atoms with Crippen molar-refractivity contribution in [2.45, 2.75) is 12.6 Å². The number of thiazole rings is 1. The number of carbonyl (C=O) groups excluding carboxylic acids is 1. The predicted octanol–water partition coefficient (Wildman–Crippen LogP) is 1.06. The minimum atomic E-state index is -4.91. The highest BCUT2D eigenvalue weighted by Crippen LogP contribution is 2.14. The molecular formula is C8H7F3N2O3S. The van der Waals surface area contributed by atoms with Crippen LogP contribution >= 0.6 is 11.3 Å². The van der Waals surface area contributed by atoms with E-state index in [-0.39, 0.29) is 18.7 Å². The number of rotatable bonds is 4. The van der Waals surface area contributed by atoms with Crippen LogP contribution in [0.1, 0.15) is 15.5 Å². The van der Waals surface area contributed by atoms with Crippen molar-refractivity contribution >= 4 is 23.2 Å². The van der Waals surface area contributed by atoms with Crippen LogP contribution in [0.25, 0.3) is 0 Å². The van der Waals surface area contributed by atoms with Gasteiger partial charge in [0, 0.05) is 18.3 Å². The third kappa shape index (κ3) is 4.02. The van der Waals surface area contributed by atoms with E-state index >= 15 is 0 Å². The second-order valence-electron chi connectivity index (χ2n) is 2.94. The van der Waals surface area contributed by atoms with Gasteiger partial charge in [0.1, 0.15) is 0 Å². The standard InChI is InChI=1S/C8H7F3N2O3S/c9-8(10,11)7(16)12-2-1-5-13-4(3-17-5)6(14)15/h3H,1-2H2,(H,12,16)(H,14,15). The van der Waals surface area contributed by atoms with Crippen LogP contribution < -0.4 is 5.32 Å². The van der Waals surface area contributed by atoms with Gasteiger partial charge in [-0.05, 0) is 0 Å². The average Bonchev–Trinajstić information content (AvgIpc) is 2.64. The fourth-order valence-electron chi connectivity index (χ4n) is 0.907. The zero-order valence-corrected chi connectivity index (χ0v) is 9.06. The van der Waals surface area contributed by atoms with Gasteiger partial charge >= 0.3 is 18.1 Å². The number of hydrogen-bond donors (Lipinski definition) is 2. The number of aromatic carboxylic acids is 1. The Kier molecular flexibility index (Phi) is 4.05. The number of hydrogen-bond acceptors (Lipinski definition) is 4. The monoisotopic (exact) mass is 268 g/mol. The molecule has 0 fully saturated rings. The Labute approximate surface area is 97.3 Å². The summed E-state index contributed by atoms with van der Waals surface area (Å²) in [6.07, 6.45) is -4.85. The molecule has 0 unspecified atom stereocenters. The largest absolute Gasteiger partial charge is 0.476 e. The lowest BCUT2D eigenvalue weighted by atomic mass is 10.4. The maximum Gasteiger partial charge on any atom is 0.471 e. The molecule has 2 N–H and O–H groups in total. The van der Waals surface area contributed by atoms with E-state index in [9.17, 15) is 22.8 Å². The Bertz CT molecular complexity index is 430. The molecule has 94 valence electrons. The van der Waals surface area contributed by atoms with Crippen molar-refractivity contribution in [3.8, 4) is 0 Å². The van der Waals surface area contributed by atoms with Gasteiger partial charge in [-0.15, -0.1) is 11.3 Å². The molecule has 0 atom stereocenters. The van der Waals surface area contributed by atoms with Crippen molar-refractivity contribution in [1.29, 1.82) is 0 Å². The fraction of sp³-hybridized carbons (Fsp3) is 0.375. The third-order valence-corrected chi connectivity index (χ3v) is 2.56. The molecule has 1 aromatic heterocycles. The summed E-state index contributed by atoms with van der Waals surface area (Å²) in [5.74, 6) is -3.22. The van der Waals surface area contributed by atoms with Gasteiger partial charge in [0.25, 0.3) is 0 Å². The first-order valence-electron chi connectivity index (χ1n) is 4.33. The fourth-order valence-corrected chi connectivity index (χ4v) is 1.68. The summed E-state index contributed by atoms with van der Waals surface area (Å²) < 4.78 is 35.3. The van der Waals surface area contributed by atoms with Crippen molar-refractivity contribution in [2.75, 3.05) is 6.54 Å². The Balaban J connectivity index is 2.41. The van der Waals surface area contributed by atoms with E-state index < -0.39 is 18.1 Å². The minimum Gasteiger partial charge on any atom is -0.476 e. The number of nitrogens with zero attached hydrogens (tertiary/aromatic N) is 1. The van der Waals surface area contributed by atoms with Gasteiger partial charge in [0.2, 0.25) is 0 Å². The van der Waals surface area contributed by atoms with Crippen molar-refractivity contribution in [3.05, 3.63) is 16.1 Å². The zero-order valence-electron chi connectivity index (χ0n) is 8.24. The van der Waals surface area contributed by atoms with Crippen LogP contribution in [0, 0.1) is 0 Å². The van der Waals surface area contributed by atoms with Crippen LogP contribution in [-0.2, 0) is 11.2 Å². The molecule has 0 bridgehead atoms. The van der Waals surface area contributed by atoms with Crippen molar-refractivity contribution in [3.63, 3.8) is 0 Å². The highest BCUT2D eigenvalue weighted by Gasteiger charge is 2.38. The lowest BCUT2D eigenvalue weighted by molar-refractivity contribution is -0.173. The van der Waals surface area contributed by atoms with E-state index in [1.807, 2.05) is 0 Å². The molecule has 0 spiro atoms. The Morgan fingerprint density at radius 1 is 1.47 bits per heavy atom. The summed E-state index contributed by atoms with van der Waals surface area (Å²) >= 11 is 1.01. The molecule has 0 aromatic carbocycles. The van der Waals surface area contributed by atoms with Gasteiger partial charge in [0.05, 0.1) is 5.01 Å². The molecule has 0 aliphatic carbocycles. The normalized spacial score (nSPS) is 11.2. The number of halogens is 3. The molecule has 17 heavy (non-hydrogen) atoms. The van der Waals surface area contributed by atoms with Gasteiger partial charge in [0.15, 0.2) is 5.69 Å². The number of carboxylic acids is 1. The zero-order chi connectivity index (χ0) is 13.1. The van der Waals surface area contributed by atoms with Crippen LogP contribution in [0.4, 0.5) is 13.2 Å². The summed E-state index contributed by atoms with van der Waals surface area (Å²) in [5.41, 5.74) is -0.160. The van der Waals surface area contributed by atoms with Gasteiger partial charge in [-0.25, -0.2) is 9.78 Å². The summed E-state index contributed by atoms with van der Waals surface area (Å²) in [4.78, 5) is 24.5. The SMILES string of the molecule is O=C(O)c1csc(CCNC(=O)C(F)(F)F)n1. The van der Waals surface area contributed by atoms with Crippen molar-refractivity contribution in [1.82, 2.24) is 10.3 Å². The highest BCUT2D eigenvalue weighted by molar-refractivity contribution is 7.09.